The molecule has 4 rings (SSSR count). The Bertz CT molecular complexity index is 1110. The number of fused-ring (bicyclic) bond motifs is 1. The zero-order valence-electron chi connectivity index (χ0n) is 16.1. The Morgan fingerprint density at radius 2 is 1.87 bits per heavy atom. The summed E-state index contributed by atoms with van der Waals surface area (Å²) in [7, 11) is 1.68. The zero-order chi connectivity index (χ0) is 21.6. The number of benzene rings is 1. The van der Waals surface area contributed by atoms with E-state index in [1.165, 1.54) is 29.2 Å². The van der Waals surface area contributed by atoms with Gasteiger partial charge in [-0.3, -0.25) is 19.0 Å². The molecule has 10 heteroatoms. The smallest absolute Gasteiger partial charge is 0.319 e. The van der Waals surface area contributed by atoms with Crippen molar-refractivity contribution in [3.05, 3.63) is 65.2 Å². The number of nitrogens with zero attached hydrogens (tertiary/aromatic N) is 4. The lowest BCUT2D eigenvalue weighted by molar-refractivity contribution is -0.137. The van der Waals surface area contributed by atoms with E-state index >= 15 is 0 Å². The Morgan fingerprint density at radius 3 is 2.47 bits per heavy atom. The van der Waals surface area contributed by atoms with Gasteiger partial charge in [-0.15, -0.1) is 0 Å². The van der Waals surface area contributed by atoms with Crippen molar-refractivity contribution in [3.63, 3.8) is 0 Å². The van der Waals surface area contributed by atoms with Gasteiger partial charge in [0.15, 0.2) is 5.78 Å². The van der Waals surface area contributed by atoms with Gasteiger partial charge < -0.3 is 5.32 Å². The van der Waals surface area contributed by atoms with Crippen LogP contribution in [0.15, 0.2) is 42.9 Å². The highest BCUT2D eigenvalue weighted by Gasteiger charge is 2.37. The summed E-state index contributed by atoms with van der Waals surface area (Å²) in [5.41, 5.74) is 0.551. The molecule has 1 N–H and O–H groups in total. The van der Waals surface area contributed by atoms with Crippen LogP contribution in [-0.4, -0.2) is 31.3 Å². The number of aryl methyl sites for hydroxylation is 1. The summed E-state index contributed by atoms with van der Waals surface area (Å²) in [5, 5.41) is 10.9. The zero-order valence-corrected chi connectivity index (χ0v) is 16.1. The molecule has 1 aromatic carbocycles. The molecule has 0 spiro atoms. The third kappa shape index (κ3) is 3.49. The molecule has 0 bridgehead atoms. The SMILES string of the molecule is C[C@H]1CC(c2ccc(C(F)(F)F)cc2)C(=O)c2c(NC(=O)c3cnn(C)c3)cnn21. The normalized spacial score (nSPS) is 18.9. The molecule has 2 atom stereocenters. The third-order valence-corrected chi connectivity index (χ3v) is 5.20. The van der Waals surface area contributed by atoms with Gasteiger partial charge in [-0.2, -0.15) is 23.4 Å². The Hall–Kier alpha value is -3.43. The van der Waals surface area contributed by atoms with Crippen LogP contribution in [0.25, 0.3) is 0 Å². The van der Waals surface area contributed by atoms with Crippen molar-refractivity contribution < 1.29 is 22.8 Å². The molecule has 0 fully saturated rings. The number of nitrogens with one attached hydrogen (secondary N) is 1. The Morgan fingerprint density at radius 1 is 1.17 bits per heavy atom. The molecule has 3 aromatic rings. The maximum absolute atomic E-state index is 13.2. The number of Topliss-reactive ketones (excluding diaryl/α,β-unsaturated/α-hetero) is 1. The number of amides is 1. The van der Waals surface area contributed by atoms with Crippen LogP contribution in [0.2, 0.25) is 0 Å². The summed E-state index contributed by atoms with van der Waals surface area (Å²) >= 11 is 0. The van der Waals surface area contributed by atoms with Crippen LogP contribution < -0.4 is 5.32 Å². The molecular formula is C20H18F3N5O2. The second kappa shape index (κ2) is 7.12. The Kier molecular flexibility index (Phi) is 4.71. The molecule has 2 aromatic heterocycles. The highest BCUT2D eigenvalue weighted by Crippen LogP contribution is 2.39. The number of carbonyl (C=O) groups is 2. The van der Waals surface area contributed by atoms with Crippen molar-refractivity contribution in [2.45, 2.75) is 31.5 Å². The average Bonchev–Trinajstić information content (AvgIpc) is 3.31. The van der Waals surface area contributed by atoms with Crippen LogP contribution in [-0.2, 0) is 13.2 Å². The van der Waals surface area contributed by atoms with Gasteiger partial charge in [-0.1, -0.05) is 12.1 Å². The first-order valence-electron chi connectivity index (χ1n) is 9.24. The van der Waals surface area contributed by atoms with E-state index in [2.05, 4.69) is 15.5 Å². The Balaban J connectivity index is 1.63. The van der Waals surface area contributed by atoms with Gasteiger partial charge in [0.25, 0.3) is 5.91 Å². The van der Waals surface area contributed by atoms with E-state index < -0.39 is 23.6 Å². The van der Waals surface area contributed by atoms with Crippen LogP contribution in [0.5, 0.6) is 0 Å². The van der Waals surface area contributed by atoms with Gasteiger partial charge in [0, 0.05) is 13.2 Å². The standard InChI is InChI=1S/C20H18F3N5O2/c1-11-7-15(12-3-5-14(6-4-12)20(21,22)23)18(29)17-16(9-25-28(11)17)26-19(30)13-8-24-27(2)10-13/h3-6,8-11,15H,7H2,1-2H3,(H,26,30)/t11-,15?/m0/s1. The van der Waals surface area contributed by atoms with E-state index in [0.717, 1.165) is 12.1 Å². The van der Waals surface area contributed by atoms with Crippen LogP contribution in [0.4, 0.5) is 18.9 Å². The van der Waals surface area contributed by atoms with E-state index in [1.54, 1.807) is 17.9 Å². The summed E-state index contributed by atoms with van der Waals surface area (Å²) < 4.78 is 41.6. The molecule has 1 aliphatic heterocycles. The fourth-order valence-electron chi connectivity index (χ4n) is 3.67. The maximum atomic E-state index is 13.2. The first-order chi connectivity index (χ1) is 14.1. The van der Waals surface area contributed by atoms with Crippen LogP contribution in [0, 0.1) is 0 Å². The minimum absolute atomic E-state index is 0.172. The van der Waals surface area contributed by atoms with Crippen LogP contribution in [0.1, 0.15) is 57.3 Å². The van der Waals surface area contributed by atoms with Crippen molar-refractivity contribution in [2.24, 2.45) is 7.05 Å². The molecule has 1 amide bonds. The monoisotopic (exact) mass is 417 g/mol. The number of anilines is 1. The van der Waals surface area contributed by atoms with Crippen LogP contribution in [0.3, 0.4) is 0 Å². The molecule has 3 heterocycles. The van der Waals surface area contributed by atoms with Gasteiger partial charge in [0.1, 0.15) is 5.69 Å². The maximum Gasteiger partial charge on any atom is 0.416 e. The molecule has 156 valence electrons. The van der Waals surface area contributed by atoms with E-state index in [9.17, 15) is 22.8 Å². The third-order valence-electron chi connectivity index (χ3n) is 5.20. The van der Waals surface area contributed by atoms with E-state index in [0.29, 0.717) is 17.5 Å². The lowest BCUT2D eigenvalue weighted by atomic mass is 9.84. The minimum atomic E-state index is -4.44. The highest BCUT2D eigenvalue weighted by molar-refractivity contribution is 6.10. The summed E-state index contributed by atoms with van der Waals surface area (Å²) in [6.07, 6.45) is 0.314. The predicted octanol–water partition coefficient (Wildman–Crippen LogP) is 3.82. The summed E-state index contributed by atoms with van der Waals surface area (Å²) in [5.74, 6) is -1.36. The number of alkyl halides is 3. The number of carbonyl (C=O) groups excluding carboxylic acids is 2. The fraction of sp³-hybridized carbons (Fsp3) is 0.300. The topological polar surface area (TPSA) is 81.8 Å². The molecule has 30 heavy (non-hydrogen) atoms. The molecule has 1 unspecified atom stereocenters. The minimum Gasteiger partial charge on any atom is -0.319 e. The number of ketones is 1. The molecule has 7 nitrogen and oxygen atoms in total. The molecule has 0 radical (unpaired) electrons. The average molecular weight is 417 g/mol. The van der Waals surface area contributed by atoms with Crippen molar-refractivity contribution in [2.75, 3.05) is 5.32 Å². The van der Waals surface area contributed by atoms with Gasteiger partial charge in [-0.25, -0.2) is 0 Å². The van der Waals surface area contributed by atoms with Gasteiger partial charge >= 0.3 is 6.18 Å². The molecule has 0 saturated carbocycles. The summed E-state index contributed by atoms with van der Waals surface area (Å²) in [6, 6.07) is 4.44. The summed E-state index contributed by atoms with van der Waals surface area (Å²) in [6.45, 7) is 1.87. The van der Waals surface area contributed by atoms with E-state index in [4.69, 9.17) is 0 Å². The molecular weight excluding hydrogens is 399 g/mol. The first-order valence-corrected chi connectivity index (χ1v) is 9.24. The second-order valence-electron chi connectivity index (χ2n) is 7.33. The lowest BCUT2D eigenvalue weighted by Crippen LogP contribution is -2.29. The van der Waals surface area contributed by atoms with Crippen LogP contribution >= 0.6 is 0 Å². The Labute approximate surface area is 169 Å². The highest BCUT2D eigenvalue weighted by atomic mass is 19.4. The molecule has 0 saturated heterocycles. The number of hydrogen-bond acceptors (Lipinski definition) is 4. The van der Waals surface area contributed by atoms with Crippen molar-refractivity contribution in [1.29, 1.82) is 0 Å². The van der Waals surface area contributed by atoms with Crippen molar-refractivity contribution in [1.82, 2.24) is 19.6 Å². The fourth-order valence-corrected chi connectivity index (χ4v) is 3.67. The predicted molar refractivity (Wildman–Crippen MR) is 101 cm³/mol. The lowest BCUT2D eigenvalue weighted by Gasteiger charge is -2.28. The summed E-state index contributed by atoms with van der Waals surface area (Å²) in [4.78, 5) is 25.7. The number of halogens is 3. The van der Waals surface area contributed by atoms with E-state index in [-0.39, 0.29) is 23.2 Å². The molecule has 1 aliphatic rings. The largest absolute Gasteiger partial charge is 0.416 e. The van der Waals surface area contributed by atoms with Gasteiger partial charge in [0.2, 0.25) is 0 Å². The molecule has 0 aliphatic carbocycles. The quantitative estimate of drug-likeness (QED) is 0.703. The van der Waals surface area contributed by atoms with Crippen molar-refractivity contribution in [3.8, 4) is 0 Å². The van der Waals surface area contributed by atoms with Crippen molar-refractivity contribution >= 4 is 17.4 Å². The number of hydrogen-bond donors (Lipinski definition) is 1. The number of rotatable bonds is 3. The first kappa shape index (κ1) is 19.9. The second-order valence-corrected chi connectivity index (χ2v) is 7.33. The van der Waals surface area contributed by atoms with Gasteiger partial charge in [-0.05, 0) is 31.0 Å². The van der Waals surface area contributed by atoms with Gasteiger partial charge in [0.05, 0.1) is 41.2 Å². The number of aromatic nitrogens is 4. The van der Waals surface area contributed by atoms with E-state index in [1.807, 2.05) is 6.92 Å².